The van der Waals surface area contributed by atoms with Crippen molar-refractivity contribution >= 4 is 0 Å². The number of hydrogen-bond donors (Lipinski definition) is 2. The van der Waals surface area contributed by atoms with Gasteiger partial charge in [-0.2, -0.15) is 0 Å². The average molecular weight is 289 g/mol. The van der Waals surface area contributed by atoms with Crippen LogP contribution in [0.2, 0.25) is 0 Å². The highest BCUT2D eigenvalue weighted by molar-refractivity contribution is 5.19. The molecule has 1 saturated heterocycles. The summed E-state index contributed by atoms with van der Waals surface area (Å²) in [5.74, 6) is 0. The fraction of sp³-hybridized carbons (Fsp3) is 0.667. The van der Waals surface area contributed by atoms with Gasteiger partial charge in [0.05, 0.1) is 0 Å². The molecule has 0 spiro atoms. The zero-order chi connectivity index (χ0) is 14.9. The van der Waals surface area contributed by atoms with Crippen LogP contribution in [0, 0.1) is 0 Å². The number of benzene rings is 1. The lowest BCUT2D eigenvalue weighted by atomic mass is 10.0. The maximum Gasteiger partial charge on any atom is 0.0472 e. The Bertz CT molecular complexity index is 367. The Morgan fingerprint density at radius 1 is 1.14 bits per heavy atom. The van der Waals surface area contributed by atoms with E-state index in [1.54, 1.807) is 0 Å². The fourth-order valence-electron chi connectivity index (χ4n) is 3.30. The van der Waals surface area contributed by atoms with E-state index in [2.05, 4.69) is 59.7 Å². The topological polar surface area (TPSA) is 27.3 Å². The van der Waals surface area contributed by atoms with E-state index in [-0.39, 0.29) is 0 Å². The lowest BCUT2D eigenvalue weighted by Crippen LogP contribution is -2.40. The Labute approximate surface area is 130 Å². The van der Waals surface area contributed by atoms with Crippen LogP contribution in [0.5, 0.6) is 0 Å². The lowest BCUT2D eigenvalue weighted by Gasteiger charge is -2.32. The van der Waals surface area contributed by atoms with Gasteiger partial charge < -0.3 is 10.6 Å². The second kappa shape index (κ2) is 9.19. The molecule has 0 bridgehead atoms. The molecule has 0 saturated carbocycles. The Balaban J connectivity index is 1.98. The average Bonchev–Trinajstić information content (AvgIpc) is 2.81. The third-order valence-corrected chi connectivity index (χ3v) is 4.61. The van der Waals surface area contributed by atoms with E-state index in [1.807, 2.05) is 0 Å². The minimum Gasteiger partial charge on any atom is -0.317 e. The zero-order valence-corrected chi connectivity index (χ0v) is 13.6. The number of rotatable bonds is 7. The molecule has 0 amide bonds. The quantitative estimate of drug-likeness (QED) is 0.808. The Morgan fingerprint density at radius 3 is 2.62 bits per heavy atom. The smallest absolute Gasteiger partial charge is 0.0472 e. The Morgan fingerprint density at radius 2 is 1.90 bits per heavy atom. The maximum atomic E-state index is 3.83. The van der Waals surface area contributed by atoms with Crippen LogP contribution in [0.25, 0.3) is 0 Å². The largest absolute Gasteiger partial charge is 0.317 e. The monoisotopic (exact) mass is 289 g/mol. The molecule has 2 N–H and O–H groups in total. The van der Waals surface area contributed by atoms with E-state index >= 15 is 0 Å². The molecule has 0 aromatic heterocycles. The van der Waals surface area contributed by atoms with Crippen LogP contribution in [0.15, 0.2) is 30.3 Å². The predicted molar refractivity (Wildman–Crippen MR) is 90.6 cm³/mol. The van der Waals surface area contributed by atoms with Crippen LogP contribution in [0.1, 0.15) is 44.7 Å². The summed E-state index contributed by atoms with van der Waals surface area (Å²) < 4.78 is 0. The molecule has 1 aromatic carbocycles. The van der Waals surface area contributed by atoms with Crippen molar-refractivity contribution in [2.45, 2.75) is 45.2 Å². The van der Waals surface area contributed by atoms with Crippen LogP contribution in [0.3, 0.4) is 0 Å². The molecule has 0 radical (unpaired) electrons. The molecule has 1 aromatic rings. The summed E-state index contributed by atoms with van der Waals surface area (Å²) in [7, 11) is 0. The van der Waals surface area contributed by atoms with Crippen LogP contribution in [-0.2, 0) is 0 Å². The third-order valence-electron chi connectivity index (χ3n) is 4.61. The summed E-state index contributed by atoms with van der Waals surface area (Å²) in [5.41, 5.74) is 1.43. The molecule has 3 heteroatoms. The highest BCUT2D eigenvalue weighted by Crippen LogP contribution is 2.20. The van der Waals surface area contributed by atoms with Crippen LogP contribution in [0.4, 0.5) is 0 Å². The van der Waals surface area contributed by atoms with Crippen molar-refractivity contribution < 1.29 is 0 Å². The van der Waals surface area contributed by atoms with Crippen molar-refractivity contribution in [1.29, 1.82) is 0 Å². The second-order valence-electron chi connectivity index (χ2n) is 5.93. The van der Waals surface area contributed by atoms with Crippen LogP contribution in [-0.4, -0.2) is 43.7 Å². The van der Waals surface area contributed by atoms with Gasteiger partial charge in [0.2, 0.25) is 0 Å². The van der Waals surface area contributed by atoms with Gasteiger partial charge in [0, 0.05) is 18.6 Å². The number of likely N-dealkylation sites (N-methyl/N-ethyl adjacent to an activating group) is 1. The van der Waals surface area contributed by atoms with Gasteiger partial charge in [-0.1, -0.05) is 44.2 Å². The van der Waals surface area contributed by atoms with Gasteiger partial charge in [0.15, 0.2) is 0 Å². The Kier molecular flexibility index (Phi) is 7.20. The van der Waals surface area contributed by atoms with E-state index in [1.165, 1.54) is 31.4 Å². The first-order chi connectivity index (χ1) is 10.3. The highest BCUT2D eigenvalue weighted by Gasteiger charge is 2.19. The molecule has 1 aliphatic heterocycles. The van der Waals surface area contributed by atoms with Crippen LogP contribution >= 0.6 is 0 Å². The van der Waals surface area contributed by atoms with E-state index in [4.69, 9.17) is 0 Å². The fourth-order valence-corrected chi connectivity index (χ4v) is 3.30. The molecule has 2 unspecified atom stereocenters. The second-order valence-corrected chi connectivity index (χ2v) is 5.93. The molecular formula is C18H31N3. The van der Waals surface area contributed by atoms with Crippen LogP contribution < -0.4 is 10.6 Å². The summed E-state index contributed by atoms with van der Waals surface area (Å²) in [4.78, 5) is 2.55. The molecule has 0 aliphatic carbocycles. The maximum absolute atomic E-state index is 3.83. The van der Waals surface area contributed by atoms with Gasteiger partial charge in [0.25, 0.3) is 0 Å². The van der Waals surface area contributed by atoms with Gasteiger partial charge in [0.1, 0.15) is 0 Å². The van der Waals surface area contributed by atoms with Crippen molar-refractivity contribution in [2.75, 3.05) is 32.7 Å². The number of hydrogen-bond acceptors (Lipinski definition) is 3. The molecule has 21 heavy (non-hydrogen) atoms. The van der Waals surface area contributed by atoms with E-state index < -0.39 is 0 Å². The highest BCUT2D eigenvalue weighted by atomic mass is 15.2. The van der Waals surface area contributed by atoms with Gasteiger partial charge in [-0.05, 0) is 51.0 Å². The molecule has 1 fully saturated rings. The van der Waals surface area contributed by atoms with E-state index in [9.17, 15) is 0 Å². The summed E-state index contributed by atoms with van der Waals surface area (Å²) in [6.45, 7) is 10.1. The molecular weight excluding hydrogens is 258 g/mol. The van der Waals surface area contributed by atoms with Crippen molar-refractivity contribution in [1.82, 2.24) is 15.5 Å². The first-order valence-electron chi connectivity index (χ1n) is 8.58. The van der Waals surface area contributed by atoms with Crippen molar-refractivity contribution in [3.8, 4) is 0 Å². The molecule has 2 atom stereocenters. The lowest BCUT2D eigenvalue weighted by molar-refractivity contribution is 0.207. The number of nitrogens with one attached hydrogen (secondary N) is 2. The summed E-state index contributed by atoms with van der Waals surface area (Å²) in [5, 5.41) is 7.32. The minimum absolute atomic E-state index is 0.484. The van der Waals surface area contributed by atoms with Crippen molar-refractivity contribution in [3.05, 3.63) is 35.9 Å². The van der Waals surface area contributed by atoms with E-state index in [0.29, 0.717) is 12.1 Å². The first kappa shape index (κ1) is 16.5. The van der Waals surface area contributed by atoms with Gasteiger partial charge in [-0.15, -0.1) is 0 Å². The minimum atomic E-state index is 0.484. The molecule has 118 valence electrons. The molecule has 1 aliphatic rings. The summed E-state index contributed by atoms with van der Waals surface area (Å²) in [6, 6.07) is 12.1. The Hall–Kier alpha value is -0.900. The normalized spacial score (nSPS) is 21.2. The standard InChI is InChI=1S/C18H31N3/c1-3-21(4-2)18(16-9-6-5-7-10-16)15-20-17-11-8-13-19-14-12-17/h5-7,9-10,17-20H,3-4,8,11-15H2,1-2H3. The van der Waals surface area contributed by atoms with Gasteiger partial charge in [-0.25, -0.2) is 0 Å². The predicted octanol–water partition coefficient (Wildman–Crippen LogP) is 2.80. The molecule has 1 heterocycles. The first-order valence-corrected chi connectivity index (χ1v) is 8.58. The molecule has 2 rings (SSSR count). The van der Waals surface area contributed by atoms with E-state index in [0.717, 1.165) is 26.2 Å². The zero-order valence-electron chi connectivity index (χ0n) is 13.6. The van der Waals surface area contributed by atoms with Crippen molar-refractivity contribution in [2.24, 2.45) is 0 Å². The summed E-state index contributed by atoms with van der Waals surface area (Å²) >= 11 is 0. The van der Waals surface area contributed by atoms with Gasteiger partial charge >= 0.3 is 0 Å². The van der Waals surface area contributed by atoms with Gasteiger partial charge in [-0.3, -0.25) is 4.90 Å². The SMILES string of the molecule is CCN(CC)C(CNC1CCCNCC1)c1ccccc1. The van der Waals surface area contributed by atoms with Crippen molar-refractivity contribution in [3.63, 3.8) is 0 Å². The summed E-state index contributed by atoms with van der Waals surface area (Å²) in [6.07, 6.45) is 3.84. The number of nitrogens with zero attached hydrogens (tertiary/aromatic N) is 1. The molecule has 3 nitrogen and oxygen atoms in total. The third kappa shape index (κ3) is 5.10.